The predicted molar refractivity (Wildman–Crippen MR) is 66.5 cm³/mol. The van der Waals surface area contributed by atoms with Crippen LogP contribution in [0.15, 0.2) is 24.9 Å². The lowest BCUT2D eigenvalue weighted by molar-refractivity contribution is 0.600. The first-order valence-corrected chi connectivity index (χ1v) is 5.97. The Bertz CT molecular complexity index is 457. The van der Waals surface area contributed by atoms with Crippen molar-refractivity contribution in [3.05, 3.63) is 36.4 Å². The Hall–Kier alpha value is -1.62. The summed E-state index contributed by atoms with van der Waals surface area (Å²) in [6.07, 6.45) is 8.54. The first kappa shape index (κ1) is 11.9. The van der Waals surface area contributed by atoms with Crippen LogP contribution in [-0.4, -0.2) is 25.6 Å². The minimum Gasteiger partial charge on any atom is -0.338 e. The standard InChI is InChI=1S/C12H19N5/c1-3-13-8-11-9-14-10-17(11)6-4-12-15-5-7-16(12)2/h5,7,9-10,13H,3-4,6,8H2,1-2H3. The summed E-state index contributed by atoms with van der Waals surface area (Å²) < 4.78 is 4.23. The molecule has 0 amide bonds. The van der Waals surface area contributed by atoms with Gasteiger partial charge in [0.1, 0.15) is 5.82 Å². The van der Waals surface area contributed by atoms with Gasteiger partial charge < -0.3 is 14.5 Å². The van der Waals surface area contributed by atoms with E-state index in [9.17, 15) is 0 Å². The van der Waals surface area contributed by atoms with Crippen LogP contribution in [0.25, 0.3) is 0 Å². The number of imidazole rings is 2. The molecule has 1 N–H and O–H groups in total. The van der Waals surface area contributed by atoms with Crippen molar-refractivity contribution in [2.75, 3.05) is 6.54 Å². The highest BCUT2D eigenvalue weighted by Gasteiger charge is 2.03. The normalized spacial score (nSPS) is 10.9. The zero-order chi connectivity index (χ0) is 12.1. The van der Waals surface area contributed by atoms with Crippen LogP contribution in [0.1, 0.15) is 18.4 Å². The summed E-state index contributed by atoms with van der Waals surface area (Å²) in [4.78, 5) is 8.51. The van der Waals surface area contributed by atoms with Gasteiger partial charge in [0.05, 0.1) is 12.0 Å². The SMILES string of the molecule is CCNCc1cncn1CCc1nccn1C. The van der Waals surface area contributed by atoms with E-state index in [1.54, 1.807) is 0 Å². The molecule has 0 aliphatic carbocycles. The molecular formula is C12H19N5. The first-order valence-electron chi connectivity index (χ1n) is 5.97. The van der Waals surface area contributed by atoms with Gasteiger partial charge >= 0.3 is 0 Å². The Morgan fingerprint density at radius 3 is 3.00 bits per heavy atom. The van der Waals surface area contributed by atoms with Crippen molar-refractivity contribution in [2.45, 2.75) is 26.4 Å². The highest BCUT2D eigenvalue weighted by Crippen LogP contribution is 2.03. The molecule has 17 heavy (non-hydrogen) atoms. The van der Waals surface area contributed by atoms with Crippen LogP contribution in [-0.2, 0) is 26.6 Å². The molecule has 92 valence electrons. The summed E-state index contributed by atoms with van der Waals surface area (Å²) in [7, 11) is 2.02. The van der Waals surface area contributed by atoms with Gasteiger partial charge in [-0.2, -0.15) is 0 Å². The third-order valence-corrected chi connectivity index (χ3v) is 2.85. The van der Waals surface area contributed by atoms with E-state index in [2.05, 4.69) is 31.3 Å². The van der Waals surface area contributed by atoms with Gasteiger partial charge in [-0.15, -0.1) is 0 Å². The number of rotatable bonds is 6. The molecule has 5 heteroatoms. The molecule has 0 fully saturated rings. The second kappa shape index (κ2) is 5.63. The molecule has 2 rings (SSSR count). The largest absolute Gasteiger partial charge is 0.338 e. The molecule has 0 saturated carbocycles. The predicted octanol–water partition coefficient (Wildman–Crippen LogP) is 0.969. The fraction of sp³-hybridized carbons (Fsp3) is 0.500. The van der Waals surface area contributed by atoms with Crippen molar-refractivity contribution in [1.82, 2.24) is 24.4 Å². The molecule has 2 heterocycles. The lowest BCUT2D eigenvalue weighted by Crippen LogP contribution is -2.16. The minimum absolute atomic E-state index is 0.872. The van der Waals surface area contributed by atoms with Crippen molar-refractivity contribution in [3.8, 4) is 0 Å². The Balaban J connectivity index is 1.95. The second-order valence-electron chi connectivity index (χ2n) is 4.06. The molecule has 5 nitrogen and oxygen atoms in total. The Morgan fingerprint density at radius 2 is 2.29 bits per heavy atom. The van der Waals surface area contributed by atoms with E-state index < -0.39 is 0 Å². The topological polar surface area (TPSA) is 47.7 Å². The fourth-order valence-electron chi connectivity index (χ4n) is 1.81. The third-order valence-electron chi connectivity index (χ3n) is 2.85. The lowest BCUT2D eigenvalue weighted by Gasteiger charge is -2.08. The van der Waals surface area contributed by atoms with E-state index in [0.717, 1.165) is 31.9 Å². The van der Waals surface area contributed by atoms with Crippen LogP contribution in [0.4, 0.5) is 0 Å². The van der Waals surface area contributed by atoms with Crippen LogP contribution in [0.2, 0.25) is 0 Å². The van der Waals surface area contributed by atoms with Gasteiger partial charge in [-0.3, -0.25) is 0 Å². The van der Waals surface area contributed by atoms with E-state index in [1.165, 1.54) is 5.69 Å². The molecule has 0 unspecified atom stereocenters. The summed E-state index contributed by atoms with van der Waals surface area (Å²) >= 11 is 0. The van der Waals surface area contributed by atoms with E-state index in [4.69, 9.17) is 0 Å². The van der Waals surface area contributed by atoms with Gasteiger partial charge in [-0.1, -0.05) is 6.92 Å². The maximum absolute atomic E-state index is 4.32. The number of aryl methyl sites for hydroxylation is 3. The van der Waals surface area contributed by atoms with Crippen LogP contribution in [0.5, 0.6) is 0 Å². The smallest absolute Gasteiger partial charge is 0.110 e. The van der Waals surface area contributed by atoms with Crippen molar-refractivity contribution in [1.29, 1.82) is 0 Å². The lowest BCUT2D eigenvalue weighted by atomic mass is 10.3. The van der Waals surface area contributed by atoms with Gasteiger partial charge in [-0.25, -0.2) is 9.97 Å². The quantitative estimate of drug-likeness (QED) is 0.808. The van der Waals surface area contributed by atoms with E-state index in [0.29, 0.717) is 0 Å². The molecule has 0 spiro atoms. The Morgan fingerprint density at radius 1 is 1.41 bits per heavy atom. The maximum Gasteiger partial charge on any atom is 0.110 e. The van der Waals surface area contributed by atoms with Crippen LogP contribution in [0.3, 0.4) is 0 Å². The summed E-state index contributed by atoms with van der Waals surface area (Å²) in [5, 5.41) is 3.31. The third kappa shape index (κ3) is 2.94. The highest BCUT2D eigenvalue weighted by molar-refractivity contribution is 4.99. The molecular weight excluding hydrogens is 214 g/mol. The van der Waals surface area contributed by atoms with Crippen LogP contribution < -0.4 is 5.32 Å². The molecule has 0 saturated heterocycles. The van der Waals surface area contributed by atoms with Crippen molar-refractivity contribution >= 4 is 0 Å². The molecule has 0 aliphatic heterocycles. The number of hydrogen-bond acceptors (Lipinski definition) is 3. The van der Waals surface area contributed by atoms with Gasteiger partial charge in [-0.05, 0) is 6.54 Å². The number of hydrogen-bond donors (Lipinski definition) is 1. The van der Waals surface area contributed by atoms with Gasteiger partial charge in [0.15, 0.2) is 0 Å². The molecule has 2 aromatic rings. The molecule has 0 atom stereocenters. The zero-order valence-electron chi connectivity index (χ0n) is 10.4. The van der Waals surface area contributed by atoms with Gasteiger partial charge in [0, 0.05) is 45.1 Å². The van der Waals surface area contributed by atoms with Gasteiger partial charge in [0.25, 0.3) is 0 Å². The number of nitrogens with zero attached hydrogens (tertiary/aromatic N) is 4. The summed E-state index contributed by atoms with van der Waals surface area (Å²) in [6.45, 7) is 4.88. The average molecular weight is 233 g/mol. The number of aromatic nitrogens is 4. The van der Waals surface area contributed by atoms with E-state index >= 15 is 0 Å². The fourth-order valence-corrected chi connectivity index (χ4v) is 1.81. The summed E-state index contributed by atoms with van der Waals surface area (Å²) in [6, 6.07) is 0. The van der Waals surface area contributed by atoms with E-state index in [1.807, 2.05) is 32.0 Å². The average Bonchev–Trinajstić information content (AvgIpc) is 2.93. The summed E-state index contributed by atoms with van der Waals surface area (Å²) in [5.74, 6) is 1.10. The monoisotopic (exact) mass is 233 g/mol. The first-order chi connectivity index (χ1) is 8.31. The van der Waals surface area contributed by atoms with Crippen molar-refractivity contribution in [3.63, 3.8) is 0 Å². The summed E-state index contributed by atoms with van der Waals surface area (Å²) in [5.41, 5.74) is 1.22. The van der Waals surface area contributed by atoms with Gasteiger partial charge in [0.2, 0.25) is 0 Å². The molecule has 2 aromatic heterocycles. The van der Waals surface area contributed by atoms with Crippen LogP contribution >= 0.6 is 0 Å². The molecule has 0 radical (unpaired) electrons. The van der Waals surface area contributed by atoms with E-state index in [-0.39, 0.29) is 0 Å². The second-order valence-corrected chi connectivity index (χ2v) is 4.06. The van der Waals surface area contributed by atoms with Crippen molar-refractivity contribution < 1.29 is 0 Å². The van der Waals surface area contributed by atoms with Crippen molar-refractivity contribution in [2.24, 2.45) is 7.05 Å². The molecule has 0 aromatic carbocycles. The van der Waals surface area contributed by atoms with Crippen LogP contribution in [0, 0.1) is 0 Å². The maximum atomic E-state index is 4.32. The molecule has 0 bridgehead atoms. The molecule has 0 aliphatic rings. The zero-order valence-corrected chi connectivity index (χ0v) is 10.4. The minimum atomic E-state index is 0.872. The highest BCUT2D eigenvalue weighted by atomic mass is 15.1. The Labute approximate surface area is 102 Å². The Kier molecular flexibility index (Phi) is 3.93. The number of nitrogens with one attached hydrogen (secondary N) is 1.